The van der Waals surface area contributed by atoms with Gasteiger partial charge in [-0.25, -0.2) is 0 Å². The van der Waals surface area contributed by atoms with E-state index in [2.05, 4.69) is 66.2 Å². The standard InChI is InChI=1S/C17H30BrNS/c1-5-9-17(13-18,10-6-2)14-19(4)15(3)12-16-8-7-11-20-16/h7-8,11,15H,5-6,9-10,12-14H2,1-4H3. The molecule has 1 aromatic rings. The second-order valence-electron chi connectivity index (χ2n) is 6.18. The summed E-state index contributed by atoms with van der Waals surface area (Å²) in [6.45, 7) is 8.17. The van der Waals surface area contributed by atoms with Gasteiger partial charge in [0.15, 0.2) is 0 Å². The summed E-state index contributed by atoms with van der Waals surface area (Å²) in [5.41, 5.74) is 0.446. The Morgan fingerprint density at radius 3 is 2.40 bits per heavy atom. The summed E-state index contributed by atoms with van der Waals surface area (Å²) in [5, 5.41) is 3.30. The van der Waals surface area contributed by atoms with E-state index in [1.165, 1.54) is 43.5 Å². The lowest BCUT2D eigenvalue weighted by atomic mass is 9.80. The van der Waals surface area contributed by atoms with Crippen LogP contribution in [0.5, 0.6) is 0 Å². The van der Waals surface area contributed by atoms with E-state index in [9.17, 15) is 0 Å². The van der Waals surface area contributed by atoms with Crippen molar-refractivity contribution in [3.05, 3.63) is 22.4 Å². The molecule has 1 heterocycles. The number of alkyl halides is 1. The van der Waals surface area contributed by atoms with Crippen molar-refractivity contribution in [1.29, 1.82) is 0 Å². The minimum absolute atomic E-state index is 0.446. The summed E-state index contributed by atoms with van der Waals surface area (Å²) < 4.78 is 0. The molecule has 0 aliphatic carbocycles. The Bertz CT molecular complexity index is 344. The molecule has 0 saturated heterocycles. The smallest absolute Gasteiger partial charge is 0.0112 e. The average Bonchev–Trinajstić information content (AvgIpc) is 2.92. The van der Waals surface area contributed by atoms with Crippen LogP contribution in [0.1, 0.15) is 51.3 Å². The van der Waals surface area contributed by atoms with E-state index in [-0.39, 0.29) is 0 Å². The summed E-state index contributed by atoms with van der Waals surface area (Å²) in [4.78, 5) is 4.06. The molecular weight excluding hydrogens is 330 g/mol. The number of hydrogen-bond acceptors (Lipinski definition) is 2. The van der Waals surface area contributed by atoms with Crippen LogP contribution in [0.3, 0.4) is 0 Å². The largest absolute Gasteiger partial charge is 0.303 e. The van der Waals surface area contributed by atoms with Gasteiger partial charge in [-0.15, -0.1) is 11.3 Å². The van der Waals surface area contributed by atoms with Crippen LogP contribution in [-0.4, -0.2) is 29.9 Å². The summed E-state index contributed by atoms with van der Waals surface area (Å²) in [7, 11) is 2.29. The maximum absolute atomic E-state index is 3.79. The summed E-state index contributed by atoms with van der Waals surface area (Å²) in [6, 6.07) is 5.02. The van der Waals surface area contributed by atoms with Gasteiger partial charge in [0.1, 0.15) is 0 Å². The summed E-state index contributed by atoms with van der Waals surface area (Å²) >= 11 is 5.67. The Morgan fingerprint density at radius 2 is 1.95 bits per heavy atom. The Kier molecular flexibility index (Phi) is 8.38. The van der Waals surface area contributed by atoms with Crippen LogP contribution in [0.4, 0.5) is 0 Å². The minimum atomic E-state index is 0.446. The molecule has 116 valence electrons. The van der Waals surface area contributed by atoms with Crippen molar-refractivity contribution in [3.8, 4) is 0 Å². The van der Waals surface area contributed by atoms with E-state index in [0.717, 1.165) is 5.33 Å². The van der Waals surface area contributed by atoms with Crippen molar-refractivity contribution < 1.29 is 0 Å². The Labute approximate surface area is 137 Å². The zero-order valence-electron chi connectivity index (χ0n) is 13.5. The molecule has 0 aromatic carbocycles. The molecule has 1 aromatic heterocycles. The molecule has 20 heavy (non-hydrogen) atoms. The van der Waals surface area contributed by atoms with Gasteiger partial charge in [0, 0.05) is 22.8 Å². The van der Waals surface area contributed by atoms with Gasteiger partial charge in [-0.3, -0.25) is 0 Å². The van der Waals surface area contributed by atoms with E-state index in [1.54, 1.807) is 0 Å². The van der Waals surface area contributed by atoms with Gasteiger partial charge in [0.05, 0.1) is 0 Å². The number of nitrogens with zero attached hydrogens (tertiary/aromatic N) is 1. The van der Waals surface area contributed by atoms with E-state index in [4.69, 9.17) is 0 Å². The van der Waals surface area contributed by atoms with Crippen LogP contribution >= 0.6 is 27.3 Å². The van der Waals surface area contributed by atoms with Gasteiger partial charge in [-0.05, 0) is 50.1 Å². The number of halogens is 1. The Hall–Kier alpha value is 0.140. The van der Waals surface area contributed by atoms with Gasteiger partial charge in [-0.2, -0.15) is 0 Å². The summed E-state index contributed by atoms with van der Waals surface area (Å²) in [5.74, 6) is 0. The van der Waals surface area contributed by atoms with Crippen LogP contribution in [0.2, 0.25) is 0 Å². The second kappa shape index (κ2) is 9.22. The fourth-order valence-electron chi connectivity index (χ4n) is 3.08. The van der Waals surface area contributed by atoms with Crippen LogP contribution in [0.15, 0.2) is 17.5 Å². The molecule has 0 aliphatic rings. The molecule has 0 N–H and O–H groups in total. The van der Waals surface area contributed by atoms with Crippen molar-refractivity contribution in [2.24, 2.45) is 5.41 Å². The highest BCUT2D eigenvalue weighted by Gasteiger charge is 2.29. The van der Waals surface area contributed by atoms with Crippen LogP contribution < -0.4 is 0 Å². The fraction of sp³-hybridized carbons (Fsp3) is 0.765. The lowest BCUT2D eigenvalue weighted by Crippen LogP contribution is -2.42. The van der Waals surface area contributed by atoms with E-state index < -0.39 is 0 Å². The first-order valence-electron chi connectivity index (χ1n) is 7.85. The molecule has 0 radical (unpaired) electrons. The lowest BCUT2D eigenvalue weighted by molar-refractivity contribution is 0.139. The van der Waals surface area contributed by atoms with Crippen molar-refractivity contribution in [2.45, 2.75) is 58.9 Å². The van der Waals surface area contributed by atoms with E-state index in [0.29, 0.717) is 11.5 Å². The monoisotopic (exact) mass is 359 g/mol. The van der Waals surface area contributed by atoms with Crippen molar-refractivity contribution >= 4 is 27.3 Å². The van der Waals surface area contributed by atoms with Crippen molar-refractivity contribution in [2.75, 3.05) is 18.9 Å². The van der Waals surface area contributed by atoms with Gasteiger partial charge in [-0.1, -0.05) is 48.7 Å². The molecule has 0 spiro atoms. The number of hydrogen-bond donors (Lipinski definition) is 0. The van der Waals surface area contributed by atoms with E-state index in [1.807, 2.05) is 11.3 Å². The van der Waals surface area contributed by atoms with Gasteiger partial charge >= 0.3 is 0 Å². The first-order valence-corrected chi connectivity index (χ1v) is 9.85. The molecule has 1 atom stereocenters. The predicted octanol–water partition coefficient (Wildman–Crippen LogP) is 5.59. The molecule has 1 nitrogen and oxygen atoms in total. The zero-order chi connectivity index (χ0) is 15.0. The maximum atomic E-state index is 3.79. The summed E-state index contributed by atoms with van der Waals surface area (Å²) in [6.07, 6.45) is 6.37. The third-order valence-electron chi connectivity index (χ3n) is 4.26. The third-order valence-corrected chi connectivity index (χ3v) is 6.35. The Balaban J connectivity index is 2.61. The zero-order valence-corrected chi connectivity index (χ0v) is 15.9. The maximum Gasteiger partial charge on any atom is 0.0112 e. The molecular formula is C17H30BrNS. The Morgan fingerprint density at radius 1 is 1.30 bits per heavy atom. The first kappa shape index (κ1) is 18.2. The topological polar surface area (TPSA) is 3.24 Å². The molecule has 0 amide bonds. The normalized spacial score (nSPS) is 13.9. The van der Waals surface area contributed by atoms with Crippen LogP contribution in [0.25, 0.3) is 0 Å². The molecule has 0 aliphatic heterocycles. The van der Waals surface area contributed by atoms with Crippen molar-refractivity contribution in [3.63, 3.8) is 0 Å². The first-order chi connectivity index (χ1) is 9.56. The number of likely N-dealkylation sites (N-methyl/N-ethyl adjacent to an activating group) is 1. The quantitative estimate of drug-likeness (QED) is 0.492. The van der Waals surface area contributed by atoms with Gasteiger partial charge < -0.3 is 4.90 Å². The second-order valence-corrected chi connectivity index (χ2v) is 7.77. The van der Waals surface area contributed by atoms with Crippen molar-refractivity contribution in [1.82, 2.24) is 4.90 Å². The number of thiophene rings is 1. The van der Waals surface area contributed by atoms with Gasteiger partial charge in [0.2, 0.25) is 0 Å². The van der Waals surface area contributed by atoms with Crippen LogP contribution in [-0.2, 0) is 6.42 Å². The highest BCUT2D eigenvalue weighted by Crippen LogP contribution is 2.33. The molecule has 0 bridgehead atoms. The van der Waals surface area contributed by atoms with Gasteiger partial charge in [0.25, 0.3) is 0 Å². The lowest BCUT2D eigenvalue weighted by Gasteiger charge is -2.38. The molecule has 0 fully saturated rings. The highest BCUT2D eigenvalue weighted by molar-refractivity contribution is 9.09. The minimum Gasteiger partial charge on any atom is -0.303 e. The highest BCUT2D eigenvalue weighted by atomic mass is 79.9. The fourth-order valence-corrected chi connectivity index (χ4v) is 4.64. The predicted molar refractivity (Wildman–Crippen MR) is 96.2 cm³/mol. The average molecular weight is 360 g/mol. The van der Waals surface area contributed by atoms with E-state index >= 15 is 0 Å². The molecule has 0 saturated carbocycles. The molecule has 3 heteroatoms. The third kappa shape index (κ3) is 5.50. The molecule has 1 unspecified atom stereocenters. The number of rotatable bonds is 10. The molecule has 1 rings (SSSR count). The van der Waals surface area contributed by atoms with Crippen LogP contribution in [0, 0.1) is 5.41 Å². The SMILES string of the molecule is CCCC(CBr)(CCC)CN(C)C(C)Cc1cccs1.